The topological polar surface area (TPSA) is 67.9 Å². The Labute approximate surface area is 199 Å². The SMILES string of the molecule is CC[C@@H](C)NC(=O)[C@@H](CC)N(Cc1c(Cl)cccc1Cl)C(=O)COc1ccccc1OC. The number of methoxy groups -OCH3 is 1. The maximum Gasteiger partial charge on any atom is 0.261 e. The van der Waals surface area contributed by atoms with Crippen molar-refractivity contribution in [3.05, 3.63) is 58.1 Å². The molecule has 2 amide bonds. The molecule has 0 aliphatic rings. The molecule has 0 aromatic heterocycles. The van der Waals surface area contributed by atoms with Crippen LogP contribution in [-0.2, 0) is 16.1 Å². The molecule has 0 spiro atoms. The van der Waals surface area contributed by atoms with E-state index in [4.69, 9.17) is 32.7 Å². The van der Waals surface area contributed by atoms with Crippen molar-refractivity contribution in [3.63, 3.8) is 0 Å². The fourth-order valence-electron chi connectivity index (χ4n) is 3.17. The van der Waals surface area contributed by atoms with Gasteiger partial charge in [0.15, 0.2) is 18.1 Å². The molecule has 0 aliphatic carbocycles. The van der Waals surface area contributed by atoms with E-state index in [-0.39, 0.29) is 31.0 Å². The normalized spacial score (nSPS) is 12.6. The Bertz CT molecular complexity index is 902. The number of amides is 2. The van der Waals surface area contributed by atoms with E-state index in [0.29, 0.717) is 33.5 Å². The van der Waals surface area contributed by atoms with Gasteiger partial charge in [0.2, 0.25) is 5.91 Å². The fourth-order valence-corrected chi connectivity index (χ4v) is 3.69. The summed E-state index contributed by atoms with van der Waals surface area (Å²) in [6.45, 7) is 5.58. The monoisotopic (exact) mass is 480 g/mol. The number of carbonyl (C=O) groups excluding carboxylic acids is 2. The zero-order chi connectivity index (χ0) is 23.7. The van der Waals surface area contributed by atoms with Crippen LogP contribution in [0.1, 0.15) is 39.2 Å². The van der Waals surface area contributed by atoms with E-state index >= 15 is 0 Å². The highest BCUT2D eigenvalue weighted by Crippen LogP contribution is 2.28. The standard InChI is InChI=1S/C24H30Cl2N2O4/c1-5-16(3)27-24(30)20(6-2)28(14-17-18(25)10-9-11-19(17)26)23(29)15-32-22-13-8-7-12-21(22)31-4/h7-13,16,20H,5-6,14-15H2,1-4H3,(H,27,30)/t16-,20-/m1/s1. The molecule has 2 aromatic rings. The van der Waals surface area contributed by atoms with E-state index in [9.17, 15) is 9.59 Å². The zero-order valence-corrected chi connectivity index (χ0v) is 20.4. The van der Waals surface area contributed by atoms with E-state index in [0.717, 1.165) is 6.42 Å². The lowest BCUT2D eigenvalue weighted by Crippen LogP contribution is -2.51. The van der Waals surface area contributed by atoms with Crippen LogP contribution in [0.5, 0.6) is 11.5 Å². The number of carbonyl (C=O) groups is 2. The van der Waals surface area contributed by atoms with Crippen molar-refractivity contribution in [3.8, 4) is 11.5 Å². The number of halogens is 2. The third kappa shape index (κ3) is 6.78. The molecule has 0 bridgehead atoms. The number of nitrogens with one attached hydrogen (secondary N) is 1. The van der Waals surface area contributed by atoms with Crippen molar-refractivity contribution in [2.45, 2.75) is 52.2 Å². The van der Waals surface area contributed by atoms with Crippen LogP contribution in [-0.4, -0.2) is 42.5 Å². The molecule has 0 saturated carbocycles. The molecule has 0 aliphatic heterocycles. The molecule has 0 heterocycles. The van der Waals surface area contributed by atoms with Gasteiger partial charge in [-0.1, -0.05) is 55.2 Å². The van der Waals surface area contributed by atoms with Gasteiger partial charge in [0.25, 0.3) is 5.91 Å². The average Bonchev–Trinajstić information content (AvgIpc) is 2.79. The zero-order valence-electron chi connectivity index (χ0n) is 18.9. The summed E-state index contributed by atoms with van der Waals surface area (Å²) in [5.74, 6) is 0.368. The molecule has 8 heteroatoms. The van der Waals surface area contributed by atoms with E-state index in [2.05, 4.69) is 5.32 Å². The molecule has 2 rings (SSSR count). The van der Waals surface area contributed by atoms with E-state index in [1.54, 1.807) is 36.4 Å². The van der Waals surface area contributed by atoms with Crippen LogP contribution in [0, 0.1) is 0 Å². The summed E-state index contributed by atoms with van der Waals surface area (Å²) < 4.78 is 11.0. The van der Waals surface area contributed by atoms with Gasteiger partial charge in [0, 0.05) is 28.2 Å². The highest BCUT2D eigenvalue weighted by molar-refractivity contribution is 6.36. The van der Waals surface area contributed by atoms with Gasteiger partial charge in [-0.2, -0.15) is 0 Å². The minimum Gasteiger partial charge on any atom is -0.493 e. The van der Waals surface area contributed by atoms with E-state index < -0.39 is 6.04 Å². The number of ether oxygens (including phenoxy) is 2. The first-order valence-electron chi connectivity index (χ1n) is 10.6. The molecule has 0 unspecified atom stereocenters. The van der Waals surface area contributed by atoms with Gasteiger partial charge in [-0.15, -0.1) is 0 Å². The van der Waals surface area contributed by atoms with Gasteiger partial charge in [0.1, 0.15) is 6.04 Å². The quantitative estimate of drug-likeness (QED) is 0.485. The smallest absolute Gasteiger partial charge is 0.261 e. The summed E-state index contributed by atoms with van der Waals surface area (Å²) in [6.07, 6.45) is 1.20. The van der Waals surface area contributed by atoms with E-state index in [1.165, 1.54) is 12.0 Å². The predicted molar refractivity (Wildman–Crippen MR) is 127 cm³/mol. The number of hydrogen-bond acceptors (Lipinski definition) is 4. The second kappa shape index (κ2) is 12.6. The van der Waals surface area contributed by atoms with Crippen LogP contribution in [0.4, 0.5) is 0 Å². The number of hydrogen-bond donors (Lipinski definition) is 1. The highest BCUT2D eigenvalue weighted by Gasteiger charge is 2.30. The van der Waals surface area contributed by atoms with Crippen molar-refractivity contribution in [2.75, 3.05) is 13.7 Å². The van der Waals surface area contributed by atoms with Crippen molar-refractivity contribution in [2.24, 2.45) is 0 Å². The molecule has 0 saturated heterocycles. The average molecular weight is 481 g/mol. The minimum absolute atomic E-state index is 0.0118. The minimum atomic E-state index is -0.704. The maximum atomic E-state index is 13.3. The summed E-state index contributed by atoms with van der Waals surface area (Å²) in [5.41, 5.74) is 0.580. The maximum absolute atomic E-state index is 13.3. The fraction of sp³-hybridized carbons (Fsp3) is 0.417. The number of para-hydroxylation sites is 2. The molecule has 6 nitrogen and oxygen atoms in total. The molecule has 1 N–H and O–H groups in total. The van der Waals surface area contributed by atoms with Gasteiger partial charge < -0.3 is 19.7 Å². The first-order valence-corrected chi connectivity index (χ1v) is 11.4. The summed E-state index contributed by atoms with van der Waals surface area (Å²) in [6, 6.07) is 11.5. The third-order valence-corrected chi connectivity index (χ3v) is 5.91. The summed E-state index contributed by atoms with van der Waals surface area (Å²) in [5, 5.41) is 3.82. The Balaban J connectivity index is 2.31. The molecule has 0 fully saturated rings. The Morgan fingerprint density at radius 2 is 1.62 bits per heavy atom. The lowest BCUT2D eigenvalue weighted by molar-refractivity contribution is -0.143. The van der Waals surface area contributed by atoms with Crippen molar-refractivity contribution < 1.29 is 19.1 Å². The molecule has 0 radical (unpaired) electrons. The highest BCUT2D eigenvalue weighted by atomic mass is 35.5. The molecule has 32 heavy (non-hydrogen) atoms. The van der Waals surface area contributed by atoms with Crippen LogP contribution < -0.4 is 14.8 Å². The number of rotatable bonds is 11. The lowest BCUT2D eigenvalue weighted by atomic mass is 10.1. The Hall–Kier alpha value is -2.44. The molecular weight excluding hydrogens is 451 g/mol. The Morgan fingerprint density at radius 3 is 2.19 bits per heavy atom. The van der Waals surface area contributed by atoms with Gasteiger partial charge in [-0.05, 0) is 44.0 Å². The van der Waals surface area contributed by atoms with Crippen LogP contribution in [0.15, 0.2) is 42.5 Å². The van der Waals surface area contributed by atoms with Crippen LogP contribution >= 0.6 is 23.2 Å². The number of benzene rings is 2. The second-order valence-electron chi connectivity index (χ2n) is 7.40. The third-order valence-electron chi connectivity index (χ3n) is 5.20. The Kier molecular flexibility index (Phi) is 10.1. The number of nitrogens with zero attached hydrogens (tertiary/aromatic N) is 1. The Morgan fingerprint density at radius 1 is 1.00 bits per heavy atom. The van der Waals surface area contributed by atoms with Gasteiger partial charge >= 0.3 is 0 Å². The molecule has 174 valence electrons. The summed E-state index contributed by atoms with van der Waals surface area (Å²) >= 11 is 12.7. The van der Waals surface area contributed by atoms with Gasteiger partial charge in [-0.3, -0.25) is 9.59 Å². The van der Waals surface area contributed by atoms with Crippen LogP contribution in [0.3, 0.4) is 0 Å². The largest absolute Gasteiger partial charge is 0.493 e. The van der Waals surface area contributed by atoms with Crippen molar-refractivity contribution in [1.29, 1.82) is 0 Å². The van der Waals surface area contributed by atoms with Crippen molar-refractivity contribution in [1.82, 2.24) is 10.2 Å². The first-order chi connectivity index (χ1) is 15.3. The van der Waals surface area contributed by atoms with Crippen LogP contribution in [0.2, 0.25) is 10.0 Å². The van der Waals surface area contributed by atoms with Crippen LogP contribution in [0.25, 0.3) is 0 Å². The molecule has 2 aromatic carbocycles. The lowest BCUT2D eigenvalue weighted by Gasteiger charge is -2.32. The first kappa shape index (κ1) is 25.8. The molecular formula is C24H30Cl2N2O4. The van der Waals surface area contributed by atoms with Gasteiger partial charge in [-0.25, -0.2) is 0 Å². The van der Waals surface area contributed by atoms with Gasteiger partial charge in [0.05, 0.1) is 7.11 Å². The van der Waals surface area contributed by atoms with E-state index in [1.807, 2.05) is 26.8 Å². The predicted octanol–water partition coefficient (Wildman–Crippen LogP) is 5.10. The summed E-state index contributed by atoms with van der Waals surface area (Å²) in [7, 11) is 1.53. The second-order valence-corrected chi connectivity index (χ2v) is 8.22. The summed E-state index contributed by atoms with van der Waals surface area (Å²) in [4.78, 5) is 27.8. The van der Waals surface area contributed by atoms with Crippen molar-refractivity contribution >= 4 is 35.0 Å². The molecule has 2 atom stereocenters.